The fourth-order valence-electron chi connectivity index (χ4n) is 2.94. The summed E-state index contributed by atoms with van der Waals surface area (Å²) >= 11 is 0. The zero-order valence-corrected chi connectivity index (χ0v) is 12.4. The number of hydrogen-bond acceptors (Lipinski definition) is 3. The van der Waals surface area contributed by atoms with Gasteiger partial charge in [0.1, 0.15) is 5.78 Å². The van der Waals surface area contributed by atoms with Crippen LogP contribution in [-0.2, 0) is 24.3 Å². The second-order valence-electron chi connectivity index (χ2n) is 5.39. The van der Waals surface area contributed by atoms with Crippen molar-refractivity contribution in [2.45, 2.75) is 65.6 Å². The number of likely N-dealkylation sites (tertiary alicyclic amines) is 1. The van der Waals surface area contributed by atoms with Crippen molar-refractivity contribution >= 4 is 5.78 Å². The van der Waals surface area contributed by atoms with E-state index < -0.39 is 0 Å². The van der Waals surface area contributed by atoms with Crippen molar-refractivity contribution in [1.29, 1.82) is 0 Å². The smallest absolute Gasteiger partial charge is 0.146 e. The molecule has 0 aliphatic carbocycles. The molecule has 0 bridgehead atoms. The maximum Gasteiger partial charge on any atom is 0.146 e. The van der Waals surface area contributed by atoms with Crippen LogP contribution in [0.1, 0.15) is 51.4 Å². The molecule has 4 nitrogen and oxygen atoms in total. The summed E-state index contributed by atoms with van der Waals surface area (Å²) in [5.41, 5.74) is 2.39. The van der Waals surface area contributed by atoms with Gasteiger partial charge < -0.3 is 0 Å². The van der Waals surface area contributed by atoms with E-state index in [1.165, 1.54) is 18.5 Å². The van der Waals surface area contributed by atoms with E-state index in [1.54, 1.807) is 6.92 Å². The van der Waals surface area contributed by atoms with Crippen LogP contribution in [0.4, 0.5) is 0 Å². The molecule has 0 radical (unpaired) electrons. The van der Waals surface area contributed by atoms with Gasteiger partial charge >= 0.3 is 0 Å². The van der Waals surface area contributed by atoms with Crippen LogP contribution in [-0.4, -0.2) is 33.1 Å². The maximum absolute atomic E-state index is 11.8. The molecule has 1 aliphatic rings. The van der Waals surface area contributed by atoms with Gasteiger partial charge in [-0.3, -0.25) is 14.4 Å². The van der Waals surface area contributed by atoms with Crippen molar-refractivity contribution in [2.24, 2.45) is 0 Å². The van der Waals surface area contributed by atoms with Crippen LogP contribution in [0.5, 0.6) is 0 Å². The highest BCUT2D eigenvalue weighted by Crippen LogP contribution is 2.20. The minimum atomic E-state index is 0.110. The molecule has 2 heterocycles. The van der Waals surface area contributed by atoms with Crippen LogP contribution in [0.15, 0.2) is 6.07 Å². The molecule has 0 N–H and O–H groups in total. The lowest BCUT2D eigenvalue weighted by Gasteiger charge is -2.34. The maximum atomic E-state index is 11.8. The normalized spacial score (nSPS) is 20.7. The number of nitrogens with zero attached hydrogens (tertiary/aromatic N) is 3. The second-order valence-corrected chi connectivity index (χ2v) is 5.39. The summed E-state index contributed by atoms with van der Waals surface area (Å²) in [5, 5.41) is 4.59. The first kappa shape index (κ1) is 14.3. The Bertz CT molecular complexity index is 439. The number of aromatic nitrogens is 2. The molecule has 0 saturated carbocycles. The summed E-state index contributed by atoms with van der Waals surface area (Å²) < 4.78 is 2.07. The third-order valence-electron chi connectivity index (χ3n) is 4.02. The SMILES string of the molecule is CCc1cc(CN2CCCCC2C(C)=O)n(CC)n1. The van der Waals surface area contributed by atoms with Gasteiger partial charge in [0.25, 0.3) is 0 Å². The van der Waals surface area contributed by atoms with Gasteiger partial charge in [-0.25, -0.2) is 0 Å². The fraction of sp³-hybridized carbons (Fsp3) is 0.733. The van der Waals surface area contributed by atoms with Gasteiger partial charge in [-0.2, -0.15) is 5.10 Å². The molecule has 0 spiro atoms. The Kier molecular flexibility index (Phi) is 4.75. The van der Waals surface area contributed by atoms with Gasteiger partial charge in [-0.15, -0.1) is 0 Å². The first-order chi connectivity index (χ1) is 9.15. The van der Waals surface area contributed by atoms with Gasteiger partial charge in [0.2, 0.25) is 0 Å². The van der Waals surface area contributed by atoms with Crippen molar-refractivity contribution in [3.05, 3.63) is 17.5 Å². The molecule has 2 rings (SSSR count). The quantitative estimate of drug-likeness (QED) is 0.819. The highest BCUT2D eigenvalue weighted by molar-refractivity contribution is 5.81. The Balaban J connectivity index is 2.14. The summed E-state index contributed by atoms with van der Waals surface area (Å²) in [6, 6.07) is 2.30. The van der Waals surface area contributed by atoms with E-state index in [2.05, 4.69) is 34.6 Å². The minimum absolute atomic E-state index is 0.110. The highest BCUT2D eigenvalue weighted by Gasteiger charge is 2.26. The Hall–Kier alpha value is -1.16. The Labute approximate surface area is 115 Å². The Morgan fingerprint density at radius 2 is 2.21 bits per heavy atom. The number of ketones is 1. The lowest BCUT2D eigenvalue weighted by atomic mass is 9.99. The van der Waals surface area contributed by atoms with Gasteiger partial charge in [0, 0.05) is 13.1 Å². The summed E-state index contributed by atoms with van der Waals surface area (Å²) in [6.07, 6.45) is 4.35. The number of carbonyl (C=O) groups excluding carboxylic acids is 1. The number of hydrogen-bond donors (Lipinski definition) is 0. The van der Waals surface area contributed by atoms with Crippen molar-refractivity contribution in [3.8, 4) is 0 Å². The number of Topliss-reactive ketones (excluding diaryl/α,β-unsaturated/α-hetero) is 1. The van der Waals surface area contributed by atoms with E-state index in [0.717, 1.165) is 38.2 Å². The predicted molar refractivity (Wildman–Crippen MR) is 76.0 cm³/mol. The molecule has 1 aliphatic heterocycles. The van der Waals surface area contributed by atoms with E-state index in [9.17, 15) is 4.79 Å². The molecule has 1 aromatic heterocycles. The summed E-state index contributed by atoms with van der Waals surface area (Å²) in [5.74, 6) is 0.304. The molecular weight excluding hydrogens is 238 g/mol. The van der Waals surface area contributed by atoms with Crippen molar-refractivity contribution in [2.75, 3.05) is 6.54 Å². The van der Waals surface area contributed by atoms with E-state index in [4.69, 9.17) is 0 Å². The molecule has 0 amide bonds. The van der Waals surface area contributed by atoms with Gasteiger partial charge in [0.15, 0.2) is 0 Å². The largest absolute Gasteiger partial charge is 0.298 e. The zero-order valence-electron chi connectivity index (χ0n) is 12.4. The van der Waals surface area contributed by atoms with Crippen LogP contribution in [0, 0.1) is 0 Å². The molecular formula is C15H25N3O. The van der Waals surface area contributed by atoms with E-state index in [-0.39, 0.29) is 6.04 Å². The standard InChI is InChI=1S/C15H25N3O/c1-4-13-10-14(18(5-2)16-13)11-17-9-7-6-8-15(17)12(3)19/h10,15H,4-9,11H2,1-3H3. The molecule has 1 unspecified atom stereocenters. The summed E-state index contributed by atoms with van der Waals surface area (Å²) in [4.78, 5) is 14.1. The second kappa shape index (κ2) is 6.33. The summed E-state index contributed by atoms with van der Waals surface area (Å²) in [6.45, 7) is 8.75. The molecule has 1 aromatic rings. The van der Waals surface area contributed by atoms with E-state index in [0.29, 0.717) is 5.78 Å². The number of carbonyl (C=O) groups is 1. The summed E-state index contributed by atoms with van der Waals surface area (Å²) in [7, 11) is 0. The topological polar surface area (TPSA) is 38.1 Å². The number of rotatable bonds is 5. The van der Waals surface area contributed by atoms with Crippen LogP contribution in [0.3, 0.4) is 0 Å². The third-order valence-corrected chi connectivity index (χ3v) is 4.02. The first-order valence-electron chi connectivity index (χ1n) is 7.45. The van der Waals surface area contributed by atoms with Crippen LogP contribution in [0.25, 0.3) is 0 Å². The van der Waals surface area contributed by atoms with Crippen LogP contribution in [0.2, 0.25) is 0 Å². The molecule has 4 heteroatoms. The van der Waals surface area contributed by atoms with Crippen molar-refractivity contribution < 1.29 is 4.79 Å². The van der Waals surface area contributed by atoms with Crippen molar-refractivity contribution in [1.82, 2.24) is 14.7 Å². The van der Waals surface area contributed by atoms with Crippen molar-refractivity contribution in [3.63, 3.8) is 0 Å². The van der Waals surface area contributed by atoms with Gasteiger partial charge in [-0.05, 0) is 45.7 Å². The third kappa shape index (κ3) is 3.24. The number of piperidine rings is 1. The number of aryl methyl sites for hydroxylation is 2. The van der Waals surface area contributed by atoms with Gasteiger partial charge in [0.05, 0.1) is 17.4 Å². The highest BCUT2D eigenvalue weighted by atomic mass is 16.1. The molecule has 106 valence electrons. The fourth-order valence-corrected chi connectivity index (χ4v) is 2.94. The lowest BCUT2D eigenvalue weighted by Crippen LogP contribution is -2.43. The minimum Gasteiger partial charge on any atom is -0.298 e. The molecule has 1 saturated heterocycles. The molecule has 0 aromatic carbocycles. The van der Waals surface area contributed by atoms with Crippen LogP contribution >= 0.6 is 0 Å². The van der Waals surface area contributed by atoms with Gasteiger partial charge in [-0.1, -0.05) is 13.3 Å². The zero-order chi connectivity index (χ0) is 13.8. The first-order valence-corrected chi connectivity index (χ1v) is 7.45. The Morgan fingerprint density at radius 3 is 2.84 bits per heavy atom. The molecule has 1 atom stereocenters. The molecule has 19 heavy (non-hydrogen) atoms. The average molecular weight is 263 g/mol. The Morgan fingerprint density at radius 1 is 1.42 bits per heavy atom. The molecule has 1 fully saturated rings. The van der Waals surface area contributed by atoms with Crippen LogP contribution < -0.4 is 0 Å². The van der Waals surface area contributed by atoms with E-state index in [1.807, 2.05) is 0 Å². The predicted octanol–water partition coefficient (Wildman–Crippen LogP) is 2.41. The van der Waals surface area contributed by atoms with E-state index >= 15 is 0 Å². The monoisotopic (exact) mass is 263 g/mol. The average Bonchev–Trinajstić information content (AvgIpc) is 2.81. The lowest BCUT2D eigenvalue weighted by molar-refractivity contribution is -0.123.